The molecule has 6 atom stereocenters. The maximum absolute atomic E-state index is 13.2. The predicted octanol–water partition coefficient (Wildman–Crippen LogP) is 0.203. The van der Waals surface area contributed by atoms with Crippen molar-refractivity contribution in [1.29, 1.82) is 0 Å². The van der Waals surface area contributed by atoms with Crippen LogP contribution in [0.3, 0.4) is 0 Å². The minimum Gasteiger partial charge on any atom is -0.480 e. The second-order valence-electron chi connectivity index (χ2n) is 9.32. The zero-order chi connectivity index (χ0) is 27.0. The van der Waals surface area contributed by atoms with E-state index in [0.29, 0.717) is 51.6 Å². The van der Waals surface area contributed by atoms with Gasteiger partial charge in [0, 0.05) is 0 Å². The van der Waals surface area contributed by atoms with Crippen molar-refractivity contribution in [2.75, 3.05) is 13.1 Å². The summed E-state index contributed by atoms with van der Waals surface area (Å²) < 4.78 is 0. The second kappa shape index (κ2) is 18.1. The molecule has 11 heteroatoms. The monoisotopic (exact) mass is 500 g/mol. The number of carbonyl (C=O) groups excluding carboxylic acids is 3. The number of hydrogen-bond acceptors (Lipinski definition) is 7. The SMILES string of the molecule is CCC(C)C(NC(=O)C(N)CCCCN)C(=O)NC(C(=O)NC(CCCCN)C(=O)O)C(C)CC. The maximum Gasteiger partial charge on any atom is 0.326 e. The van der Waals surface area contributed by atoms with Crippen LogP contribution in [-0.2, 0) is 19.2 Å². The molecule has 0 spiro atoms. The van der Waals surface area contributed by atoms with Gasteiger partial charge in [0.2, 0.25) is 17.7 Å². The van der Waals surface area contributed by atoms with E-state index in [1.165, 1.54) is 0 Å². The smallest absolute Gasteiger partial charge is 0.326 e. The van der Waals surface area contributed by atoms with Gasteiger partial charge in [0.1, 0.15) is 18.1 Å². The van der Waals surface area contributed by atoms with Gasteiger partial charge in [-0.2, -0.15) is 0 Å². The molecule has 0 aliphatic carbocycles. The lowest BCUT2D eigenvalue weighted by Gasteiger charge is -2.30. The summed E-state index contributed by atoms with van der Waals surface area (Å²) >= 11 is 0. The lowest BCUT2D eigenvalue weighted by molar-refractivity contribution is -0.143. The van der Waals surface area contributed by atoms with Gasteiger partial charge in [-0.3, -0.25) is 14.4 Å². The van der Waals surface area contributed by atoms with Crippen LogP contribution in [0.15, 0.2) is 0 Å². The molecule has 0 aromatic rings. The highest BCUT2D eigenvalue weighted by molar-refractivity contribution is 5.94. The van der Waals surface area contributed by atoms with Crippen molar-refractivity contribution in [1.82, 2.24) is 16.0 Å². The van der Waals surface area contributed by atoms with Gasteiger partial charge in [-0.15, -0.1) is 0 Å². The van der Waals surface area contributed by atoms with E-state index in [0.717, 1.165) is 6.42 Å². The Balaban J connectivity index is 5.47. The average Bonchev–Trinajstić information content (AvgIpc) is 2.83. The third-order valence-electron chi connectivity index (χ3n) is 6.45. The third kappa shape index (κ3) is 12.3. The summed E-state index contributed by atoms with van der Waals surface area (Å²) in [6, 6.07) is -3.67. The number of amides is 3. The maximum atomic E-state index is 13.2. The van der Waals surface area contributed by atoms with Crippen molar-refractivity contribution in [3.8, 4) is 0 Å². The standard InChI is InChI=1S/C24H48N6O5/c1-5-15(3)19(22(32)28-18(24(34)35)12-8-10-14-26)30-23(33)20(16(4)6-2)29-21(31)17(27)11-7-9-13-25/h15-20H,5-14,25-27H2,1-4H3,(H,28,32)(H,29,31)(H,30,33)(H,34,35). The first-order valence-electron chi connectivity index (χ1n) is 12.8. The molecular formula is C24H48N6O5. The van der Waals surface area contributed by atoms with E-state index in [9.17, 15) is 24.3 Å². The van der Waals surface area contributed by atoms with Crippen LogP contribution in [0.4, 0.5) is 0 Å². The molecule has 0 fully saturated rings. The summed E-state index contributed by atoms with van der Waals surface area (Å²) in [4.78, 5) is 50.5. The molecule has 0 rings (SSSR count). The number of rotatable bonds is 19. The summed E-state index contributed by atoms with van der Waals surface area (Å²) in [5, 5.41) is 17.6. The highest BCUT2D eigenvalue weighted by atomic mass is 16.4. The van der Waals surface area contributed by atoms with Gasteiger partial charge in [-0.05, 0) is 57.0 Å². The van der Waals surface area contributed by atoms with Crippen LogP contribution in [0, 0.1) is 11.8 Å². The van der Waals surface area contributed by atoms with Gasteiger partial charge in [0.05, 0.1) is 6.04 Å². The number of nitrogens with one attached hydrogen (secondary N) is 3. The topological polar surface area (TPSA) is 203 Å². The van der Waals surface area contributed by atoms with Crippen molar-refractivity contribution >= 4 is 23.7 Å². The Bertz CT molecular complexity index is 662. The fourth-order valence-corrected chi connectivity index (χ4v) is 3.56. The summed E-state index contributed by atoms with van der Waals surface area (Å²) in [5.41, 5.74) is 17.0. The highest BCUT2D eigenvalue weighted by Gasteiger charge is 2.34. The van der Waals surface area contributed by atoms with E-state index in [1.807, 2.05) is 20.8 Å². The van der Waals surface area contributed by atoms with Crippen molar-refractivity contribution in [2.24, 2.45) is 29.0 Å². The first-order valence-corrected chi connectivity index (χ1v) is 12.8. The van der Waals surface area contributed by atoms with Crippen LogP contribution >= 0.6 is 0 Å². The average molecular weight is 501 g/mol. The van der Waals surface area contributed by atoms with Gasteiger partial charge in [-0.1, -0.05) is 47.0 Å². The molecule has 3 amide bonds. The Morgan fingerprint density at radius 3 is 1.57 bits per heavy atom. The predicted molar refractivity (Wildman–Crippen MR) is 136 cm³/mol. The quantitative estimate of drug-likeness (QED) is 0.122. The first kappa shape index (κ1) is 32.8. The van der Waals surface area contributed by atoms with Crippen molar-refractivity contribution in [3.05, 3.63) is 0 Å². The van der Waals surface area contributed by atoms with Crippen LogP contribution in [0.1, 0.15) is 79.1 Å². The van der Waals surface area contributed by atoms with E-state index in [-0.39, 0.29) is 18.3 Å². The molecule has 6 unspecified atom stereocenters. The first-order chi connectivity index (χ1) is 16.5. The Hall–Kier alpha value is -2.24. The minimum atomic E-state index is -1.14. The zero-order valence-electron chi connectivity index (χ0n) is 21.8. The Morgan fingerprint density at radius 1 is 0.714 bits per heavy atom. The minimum absolute atomic E-state index is 0.209. The van der Waals surface area contributed by atoms with Crippen LogP contribution in [0.25, 0.3) is 0 Å². The van der Waals surface area contributed by atoms with Gasteiger partial charge in [-0.25, -0.2) is 4.79 Å². The largest absolute Gasteiger partial charge is 0.480 e. The zero-order valence-corrected chi connectivity index (χ0v) is 21.8. The number of nitrogens with two attached hydrogens (primary N) is 3. The number of hydrogen-bond donors (Lipinski definition) is 7. The van der Waals surface area contributed by atoms with Gasteiger partial charge >= 0.3 is 5.97 Å². The summed E-state index contributed by atoms with van der Waals surface area (Å²) in [6.07, 6.45) is 4.56. The third-order valence-corrected chi connectivity index (χ3v) is 6.45. The molecule has 0 heterocycles. The van der Waals surface area contributed by atoms with E-state index in [2.05, 4.69) is 16.0 Å². The van der Waals surface area contributed by atoms with Crippen molar-refractivity contribution < 1.29 is 24.3 Å². The number of unbranched alkanes of at least 4 members (excludes halogenated alkanes) is 2. The molecule has 0 aliphatic heterocycles. The lowest BCUT2D eigenvalue weighted by atomic mass is 9.94. The Kier molecular flexibility index (Phi) is 16.9. The Labute approximate surface area is 209 Å². The van der Waals surface area contributed by atoms with Crippen LogP contribution < -0.4 is 33.2 Å². The molecule has 35 heavy (non-hydrogen) atoms. The summed E-state index contributed by atoms with van der Waals surface area (Å²) in [6.45, 7) is 8.36. The molecule has 0 saturated carbocycles. The number of carbonyl (C=O) groups is 4. The fourth-order valence-electron chi connectivity index (χ4n) is 3.56. The van der Waals surface area contributed by atoms with Gasteiger partial charge < -0.3 is 38.3 Å². The molecule has 0 radical (unpaired) electrons. The molecule has 0 aromatic carbocycles. The molecular weight excluding hydrogens is 452 g/mol. The molecule has 0 aromatic heterocycles. The second-order valence-corrected chi connectivity index (χ2v) is 9.32. The van der Waals surface area contributed by atoms with Gasteiger partial charge in [0.15, 0.2) is 0 Å². The summed E-state index contributed by atoms with van der Waals surface area (Å²) in [7, 11) is 0. The van der Waals surface area contributed by atoms with Crippen molar-refractivity contribution in [2.45, 2.75) is 103 Å². The van der Waals surface area contributed by atoms with E-state index < -0.39 is 47.9 Å². The molecule has 10 N–H and O–H groups in total. The van der Waals surface area contributed by atoms with E-state index in [4.69, 9.17) is 17.2 Å². The lowest BCUT2D eigenvalue weighted by Crippen LogP contribution is -2.60. The number of aliphatic carboxylic acids is 1. The highest BCUT2D eigenvalue weighted by Crippen LogP contribution is 2.13. The van der Waals surface area contributed by atoms with Crippen molar-refractivity contribution in [3.63, 3.8) is 0 Å². The molecule has 204 valence electrons. The fraction of sp³-hybridized carbons (Fsp3) is 0.833. The normalized spacial score (nSPS) is 16.3. The van der Waals surface area contributed by atoms with Crippen LogP contribution in [-0.4, -0.2) is 66.1 Å². The van der Waals surface area contributed by atoms with Crippen LogP contribution in [0.2, 0.25) is 0 Å². The molecule has 0 bridgehead atoms. The summed E-state index contributed by atoms with van der Waals surface area (Å²) in [5.74, 6) is -3.11. The Morgan fingerprint density at radius 2 is 1.14 bits per heavy atom. The van der Waals surface area contributed by atoms with E-state index in [1.54, 1.807) is 6.92 Å². The number of carboxylic acids is 1. The van der Waals surface area contributed by atoms with Crippen LogP contribution in [0.5, 0.6) is 0 Å². The van der Waals surface area contributed by atoms with E-state index >= 15 is 0 Å². The molecule has 0 aliphatic rings. The molecule has 11 nitrogen and oxygen atoms in total. The number of carboxylic acid groups (broad SMARTS) is 1. The van der Waals surface area contributed by atoms with Gasteiger partial charge in [0.25, 0.3) is 0 Å². The molecule has 0 saturated heterocycles.